The molecule has 3 saturated heterocycles. The van der Waals surface area contributed by atoms with Gasteiger partial charge >= 0.3 is 17.9 Å². The van der Waals surface area contributed by atoms with Gasteiger partial charge in [-0.2, -0.15) is 0 Å². The fraction of sp³-hybridized carbons (Fsp3) is 0.645. The quantitative estimate of drug-likeness (QED) is 0.171. The Hall–Kier alpha value is -4.54. The van der Waals surface area contributed by atoms with Crippen molar-refractivity contribution in [1.29, 1.82) is 0 Å². The van der Waals surface area contributed by atoms with Gasteiger partial charge in [0.15, 0.2) is 34.5 Å². The lowest BCUT2D eigenvalue weighted by Crippen LogP contribution is -2.57. The molecular weight excluding hydrogens is 1180 g/mol. The molecule has 3 aromatic rings. The normalized spacial score (nSPS) is 27.9. The van der Waals surface area contributed by atoms with Crippen LogP contribution in [0, 0.1) is 38.5 Å². The summed E-state index contributed by atoms with van der Waals surface area (Å²) < 4.78 is 62.4. The Balaban J connectivity index is 0.000000157. The van der Waals surface area contributed by atoms with E-state index in [-0.39, 0.29) is 46.5 Å². The first-order valence-corrected chi connectivity index (χ1v) is 30.4. The smallest absolute Gasteiger partial charge is 0.338 e. The number of ketones is 1. The lowest BCUT2D eigenvalue weighted by molar-refractivity contribution is -0.135. The molecule has 6 heterocycles. The molecule has 23 heteroatoms. The van der Waals surface area contributed by atoms with Gasteiger partial charge in [-0.3, -0.25) is 14.6 Å². The van der Waals surface area contributed by atoms with Crippen LogP contribution in [0.15, 0.2) is 18.2 Å². The van der Waals surface area contributed by atoms with Crippen molar-refractivity contribution in [3.8, 4) is 34.5 Å². The predicted octanol–water partition coefficient (Wildman–Crippen LogP) is 11.2. The summed E-state index contributed by atoms with van der Waals surface area (Å²) in [6.45, 7) is 17.3. The van der Waals surface area contributed by atoms with Crippen LogP contribution in [0.25, 0.3) is 0 Å². The minimum atomic E-state index is -1.01. The Morgan fingerprint density at radius 3 is 1.09 bits per heavy atom. The van der Waals surface area contributed by atoms with E-state index in [2.05, 4.69) is 15.1 Å². The van der Waals surface area contributed by atoms with E-state index in [1.54, 1.807) is 47.3 Å². The molecular formula is C62H83Cl4N3O16. The zero-order valence-corrected chi connectivity index (χ0v) is 53.7. The maximum Gasteiger partial charge on any atom is 0.338 e. The summed E-state index contributed by atoms with van der Waals surface area (Å²) >= 11 is 19.0. The molecule has 6 aliphatic heterocycles. The topological polar surface area (TPSA) is 209 Å². The number of methoxy groups -OCH3 is 5. The lowest BCUT2D eigenvalue weighted by Gasteiger charge is -2.47. The Kier molecular flexibility index (Phi) is 21.5. The van der Waals surface area contributed by atoms with E-state index in [9.17, 15) is 24.3 Å². The molecule has 3 aliphatic carbocycles. The number of nitrogens with one attached hydrogen (secondary N) is 1. The monoisotopic (exact) mass is 1270 g/mol. The average Bonchev–Trinajstić information content (AvgIpc) is 1.89. The highest BCUT2D eigenvalue weighted by molar-refractivity contribution is 6.33. The minimum Gasteiger partial charge on any atom is -0.478 e. The number of nitrogens with zero attached hydrogens (tertiary/aromatic N) is 2. The first kappa shape index (κ1) is 66.4. The van der Waals surface area contributed by atoms with Crippen LogP contribution in [0.1, 0.15) is 146 Å². The summed E-state index contributed by atoms with van der Waals surface area (Å²) in [5.41, 5.74) is 2.84. The Labute approximate surface area is 519 Å². The highest BCUT2D eigenvalue weighted by Crippen LogP contribution is 2.55. The zero-order valence-electron chi connectivity index (χ0n) is 50.6. The molecule has 2 N–H and O–H groups in total. The predicted molar refractivity (Wildman–Crippen MR) is 321 cm³/mol. The number of benzene rings is 3. The van der Waals surface area contributed by atoms with Crippen LogP contribution in [-0.2, 0) is 28.5 Å². The molecule has 9 aliphatic rings. The van der Waals surface area contributed by atoms with Gasteiger partial charge in [-0.15, -0.1) is 12.4 Å². The first-order valence-electron chi connectivity index (χ1n) is 29.3. The Morgan fingerprint density at radius 2 is 0.812 bits per heavy atom. The molecule has 3 atom stereocenters. The summed E-state index contributed by atoms with van der Waals surface area (Å²) in [4.78, 5) is 51.8. The van der Waals surface area contributed by atoms with Gasteiger partial charge in [-0.1, -0.05) is 34.8 Å². The Bertz CT molecular complexity index is 2930. The van der Waals surface area contributed by atoms with Crippen LogP contribution >= 0.6 is 47.2 Å². The third-order valence-corrected chi connectivity index (χ3v) is 19.7. The van der Waals surface area contributed by atoms with E-state index >= 15 is 0 Å². The van der Waals surface area contributed by atoms with Crippen molar-refractivity contribution in [3.63, 3.8) is 0 Å². The average molecular weight is 1270 g/mol. The fourth-order valence-corrected chi connectivity index (χ4v) is 13.8. The summed E-state index contributed by atoms with van der Waals surface area (Å²) in [7, 11) is 7.98. The number of fused-ring (bicyclic) bond motifs is 3. The van der Waals surface area contributed by atoms with Crippen molar-refractivity contribution in [2.45, 2.75) is 166 Å². The van der Waals surface area contributed by atoms with E-state index in [0.717, 1.165) is 103 Å². The third kappa shape index (κ3) is 13.9. The second-order valence-corrected chi connectivity index (χ2v) is 25.2. The standard InChI is InChI=1S/C21H28ClNO5.C20H26ClNO5.C17H19ClO5.C4H9NO.ClH/c1-12-16(20(24)26-4)9-17(22)19-18(12)27-21(2,28-19)13-5-7-14(8-6-13)23-10-15(11-23)25-3;1-11-15(19(23)24)8-16(21)18-17(11)26-20(2,27-18)12-4-6-13(7-5-12)22-9-14(10-22)25-3;1-9-12(16(20)21-3)8-13(18)15-14(9)22-17(2,23-15)10-4-6-11(19)7-5-10;1-6-4-2-5-3-4;/h9,13-15H,5-8,10-11H2,1-4H3;8,12-14H,4-7,9-10H2,1-3H3,(H,23,24);8,10H,4-7H2,1-3H3;4-5H,2-3H2,1H3;1H. The highest BCUT2D eigenvalue weighted by Gasteiger charge is 2.51. The SMILES string of the molecule is COC(=O)c1cc(Cl)c2c(c1C)OC(C)(C1CCC(=O)CC1)O2.COC(=O)c1cc(Cl)c2c(c1C)OC(C)(C1CCC(N3CC(OC)C3)CC1)O2.COC1CN(C2CCC(C3(C)Oc4c(Cl)cc(C(=O)O)c(C)c4O3)CC2)C1.COC1CNC1.Cl. The lowest BCUT2D eigenvalue weighted by atomic mass is 9.80. The number of ether oxygens (including phenoxy) is 11. The van der Waals surface area contributed by atoms with Gasteiger partial charge in [0.25, 0.3) is 17.4 Å². The number of hydrogen-bond acceptors (Lipinski definition) is 18. The number of esters is 2. The van der Waals surface area contributed by atoms with E-state index in [0.29, 0.717) is 116 Å². The summed E-state index contributed by atoms with van der Waals surface area (Å²) in [5.74, 6) is -0.488. The molecule has 470 valence electrons. The Morgan fingerprint density at radius 1 is 0.506 bits per heavy atom. The van der Waals surface area contributed by atoms with Crippen LogP contribution < -0.4 is 33.7 Å². The maximum atomic E-state index is 12.0. The summed E-state index contributed by atoms with van der Waals surface area (Å²) in [6.07, 6.45) is 12.3. The van der Waals surface area contributed by atoms with Crippen molar-refractivity contribution >= 4 is 70.9 Å². The first-order chi connectivity index (χ1) is 40.0. The summed E-state index contributed by atoms with van der Waals surface area (Å²) in [6, 6.07) is 5.81. The number of hydrogen-bond donors (Lipinski definition) is 2. The number of halogens is 4. The van der Waals surface area contributed by atoms with Crippen molar-refractivity contribution in [1.82, 2.24) is 15.1 Å². The van der Waals surface area contributed by atoms with E-state index < -0.39 is 35.3 Å². The van der Waals surface area contributed by atoms with Crippen LogP contribution in [0.3, 0.4) is 0 Å². The molecule has 3 aromatic carbocycles. The molecule has 12 rings (SSSR count). The maximum absolute atomic E-state index is 12.0. The summed E-state index contributed by atoms with van der Waals surface area (Å²) in [5, 5.41) is 13.5. The largest absolute Gasteiger partial charge is 0.478 e. The van der Waals surface area contributed by atoms with Gasteiger partial charge in [0, 0.05) is 141 Å². The molecule has 0 bridgehead atoms. The molecule has 3 unspecified atom stereocenters. The van der Waals surface area contributed by atoms with Crippen molar-refractivity contribution < 1.29 is 76.4 Å². The molecule has 0 amide bonds. The van der Waals surface area contributed by atoms with Gasteiger partial charge in [-0.05, 0) is 103 Å². The zero-order chi connectivity index (χ0) is 60.6. The molecule has 85 heavy (non-hydrogen) atoms. The number of carbonyl (C=O) groups is 4. The van der Waals surface area contributed by atoms with E-state index in [4.69, 9.17) is 86.9 Å². The van der Waals surface area contributed by atoms with Crippen LogP contribution in [0.2, 0.25) is 15.1 Å². The van der Waals surface area contributed by atoms with Gasteiger partial charge in [0.05, 0.1) is 64.3 Å². The number of carboxylic acids is 1. The second-order valence-electron chi connectivity index (χ2n) is 24.0. The van der Waals surface area contributed by atoms with Gasteiger partial charge in [-0.25, -0.2) is 14.4 Å². The minimum absolute atomic E-state index is 0. The number of carbonyl (C=O) groups excluding carboxylic acids is 3. The van der Waals surface area contributed by atoms with Crippen molar-refractivity contribution in [3.05, 3.63) is 66.6 Å². The molecule has 0 radical (unpaired) electrons. The van der Waals surface area contributed by atoms with Crippen LogP contribution in [0.5, 0.6) is 34.5 Å². The second kappa shape index (κ2) is 27.5. The molecule has 0 spiro atoms. The number of aromatic carboxylic acids is 1. The molecule has 6 fully saturated rings. The number of Topliss-reactive ketones (excluding diaryl/α,β-unsaturated/α-hetero) is 1. The number of carboxylic acid groups (broad SMARTS) is 1. The van der Waals surface area contributed by atoms with Gasteiger partial charge in [0.2, 0.25) is 0 Å². The van der Waals surface area contributed by atoms with Gasteiger partial charge in [0.1, 0.15) is 5.78 Å². The third-order valence-electron chi connectivity index (χ3n) is 18.9. The number of likely N-dealkylation sites (tertiary alicyclic amines) is 2. The van der Waals surface area contributed by atoms with E-state index in [1.165, 1.54) is 20.3 Å². The van der Waals surface area contributed by atoms with E-state index in [1.807, 2.05) is 27.7 Å². The molecule has 0 aromatic heterocycles. The molecule has 19 nitrogen and oxygen atoms in total. The fourth-order valence-electron chi connectivity index (χ4n) is 13.1. The number of rotatable bonds is 11. The highest BCUT2D eigenvalue weighted by atomic mass is 35.5. The van der Waals surface area contributed by atoms with Crippen LogP contribution in [0.4, 0.5) is 0 Å². The van der Waals surface area contributed by atoms with Crippen molar-refractivity contribution in [2.24, 2.45) is 17.8 Å². The van der Waals surface area contributed by atoms with Crippen LogP contribution in [-0.4, -0.2) is 161 Å². The van der Waals surface area contributed by atoms with Crippen molar-refractivity contribution in [2.75, 3.05) is 74.8 Å². The van der Waals surface area contributed by atoms with Gasteiger partial charge < -0.3 is 62.5 Å². The molecule has 3 saturated carbocycles.